The number of nitro groups is 2. The normalized spacial score (nSPS) is 13.8. The van der Waals surface area contributed by atoms with E-state index in [0.717, 1.165) is 24.0 Å². The Morgan fingerprint density at radius 3 is 1.46 bits per heavy atom. The van der Waals surface area contributed by atoms with Crippen molar-refractivity contribution in [3.05, 3.63) is 116 Å². The number of rotatable bonds is 19. The Hall–Kier alpha value is -5.26. The Morgan fingerprint density at radius 2 is 1.10 bits per heavy atom. The van der Waals surface area contributed by atoms with Crippen LogP contribution in [0, 0.1) is 43.9 Å². The van der Waals surface area contributed by atoms with Crippen LogP contribution in [0.2, 0.25) is 0 Å². The molecule has 0 amide bonds. The third-order valence-electron chi connectivity index (χ3n) is 10.2. The van der Waals surface area contributed by atoms with Gasteiger partial charge in [0.15, 0.2) is 0 Å². The molecule has 15 heteroatoms. The molecular formula is C46H57LiN2O12. The third-order valence-corrected chi connectivity index (χ3v) is 10.2. The van der Waals surface area contributed by atoms with Crippen molar-refractivity contribution in [3.8, 4) is 33.8 Å². The van der Waals surface area contributed by atoms with Gasteiger partial charge in [0, 0.05) is 35.4 Å². The zero-order valence-corrected chi connectivity index (χ0v) is 35.9. The molecule has 61 heavy (non-hydrogen) atoms. The molecule has 2 fully saturated rings. The number of aliphatic carboxylic acids is 1. The quantitative estimate of drug-likeness (QED) is 0.0437. The number of esters is 1. The minimum absolute atomic E-state index is 0. The van der Waals surface area contributed by atoms with Crippen LogP contribution in [0.25, 0.3) is 22.3 Å². The van der Waals surface area contributed by atoms with E-state index in [1.165, 1.54) is 31.0 Å². The van der Waals surface area contributed by atoms with Gasteiger partial charge in [0.05, 0.1) is 41.5 Å². The molecule has 0 heterocycles. The zero-order chi connectivity index (χ0) is 41.9. The summed E-state index contributed by atoms with van der Waals surface area (Å²) in [4.78, 5) is 46.1. The van der Waals surface area contributed by atoms with Crippen molar-refractivity contribution >= 4 is 23.3 Å². The van der Waals surface area contributed by atoms with Crippen LogP contribution in [-0.2, 0) is 14.3 Å². The van der Waals surface area contributed by atoms with Gasteiger partial charge in [0.1, 0.15) is 11.5 Å². The van der Waals surface area contributed by atoms with E-state index in [9.17, 15) is 34.9 Å². The van der Waals surface area contributed by atoms with Crippen molar-refractivity contribution in [2.45, 2.75) is 85.0 Å². The van der Waals surface area contributed by atoms with E-state index >= 15 is 0 Å². The fraction of sp³-hybridized carbons (Fsp3) is 0.435. The molecular weight excluding hydrogens is 779 g/mol. The van der Waals surface area contributed by atoms with E-state index < -0.39 is 21.7 Å². The van der Waals surface area contributed by atoms with Crippen LogP contribution in [0.5, 0.6) is 11.5 Å². The Bertz CT molecular complexity index is 2080. The molecule has 2 unspecified atom stereocenters. The number of benzene rings is 4. The predicted molar refractivity (Wildman–Crippen MR) is 228 cm³/mol. The summed E-state index contributed by atoms with van der Waals surface area (Å²) in [5.41, 5.74) is 4.33. The number of nitrogens with zero attached hydrogens (tertiary/aromatic N) is 2. The number of hydrogen-bond acceptors (Lipinski definition) is 10. The maximum atomic E-state index is 12.6. The van der Waals surface area contributed by atoms with E-state index in [2.05, 4.69) is 13.8 Å². The molecule has 2 saturated carbocycles. The van der Waals surface area contributed by atoms with Gasteiger partial charge in [-0.15, -0.1) is 0 Å². The summed E-state index contributed by atoms with van der Waals surface area (Å²) in [6.07, 6.45) is 5.83. The molecule has 2 aliphatic rings. The van der Waals surface area contributed by atoms with Gasteiger partial charge in [0.25, 0.3) is 11.4 Å². The number of hydrogen-bond donors (Lipinski definition) is 1. The van der Waals surface area contributed by atoms with Gasteiger partial charge in [-0.2, -0.15) is 0 Å². The van der Waals surface area contributed by atoms with Crippen LogP contribution in [0.4, 0.5) is 11.4 Å². The molecule has 0 aromatic heterocycles. The minimum atomic E-state index is -0.870. The molecule has 2 aliphatic carbocycles. The molecule has 4 aromatic carbocycles. The van der Waals surface area contributed by atoms with Crippen molar-refractivity contribution in [1.29, 1.82) is 0 Å². The molecule has 324 valence electrons. The molecule has 0 aliphatic heterocycles. The summed E-state index contributed by atoms with van der Waals surface area (Å²) in [5.74, 6) is 0.854. The van der Waals surface area contributed by atoms with E-state index in [1.54, 1.807) is 43.3 Å². The Labute approximate surface area is 369 Å². The van der Waals surface area contributed by atoms with Gasteiger partial charge >= 0.3 is 30.8 Å². The van der Waals surface area contributed by atoms with E-state index in [1.807, 2.05) is 44.2 Å². The van der Waals surface area contributed by atoms with Crippen LogP contribution in [0.3, 0.4) is 0 Å². The van der Waals surface area contributed by atoms with Crippen molar-refractivity contribution in [1.82, 2.24) is 0 Å². The number of non-ortho nitro benzene ring substituents is 2. The third kappa shape index (κ3) is 15.3. The topological polar surface area (TPSA) is 230 Å². The van der Waals surface area contributed by atoms with Gasteiger partial charge in [-0.05, 0) is 116 Å². The standard InChI is InChI=1S/C24H29NO5.C22H25NO5.Li.2H2O/c1-4-29-24(26)22(12-16(2)3)19-10-11-23(30-15-17-8-9-17)21(14-19)18-6-5-7-20(13-18)25(27)28;1-14(2)10-20(22(24)25)17-8-9-21(28-13-15-6-7-15)19(12-17)16-4-3-5-18(11-16)23(26)27;;;/h5-7,10-11,13-14,16-17,22H,4,8-9,12,15H2,1-3H3;3-5,8-9,11-12,14-15,20H,6-7,10,13H2,1-2H3,(H,24,25);;2*1H2/q;;+1;;/p-1. The van der Waals surface area contributed by atoms with E-state index in [0.29, 0.717) is 84.2 Å². The largest absolute Gasteiger partial charge is 1.00 e. The van der Waals surface area contributed by atoms with Crippen molar-refractivity contribution in [2.24, 2.45) is 23.7 Å². The number of nitro benzene ring substituents is 2. The Morgan fingerprint density at radius 1 is 0.689 bits per heavy atom. The van der Waals surface area contributed by atoms with Crippen molar-refractivity contribution < 1.29 is 68.6 Å². The first-order valence-electron chi connectivity index (χ1n) is 20.2. The van der Waals surface area contributed by atoms with Gasteiger partial charge in [-0.25, -0.2) is 0 Å². The van der Waals surface area contributed by atoms with Crippen LogP contribution < -0.4 is 28.3 Å². The first-order valence-corrected chi connectivity index (χ1v) is 20.2. The molecule has 4 N–H and O–H groups in total. The molecule has 6 rings (SSSR count). The number of carbonyl (C=O) groups is 2. The maximum Gasteiger partial charge on any atom is 1.00 e. The van der Waals surface area contributed by atoms with Gasteiger partial charge in [0.2, 0.25) is 0 Å². The number of ether oxygens (including phenoxy) is 3. The zero-order valence-electron chi connectivity index (χ0n) is 35.9. The molecule has 0 radical (unpaired) electrons. The molecule has 0 spiro atoms. The summed E-state index contributed by atoms with van der Waals surface area (Å²) >= 11 is 0. The second-order valence-corrected chi connectivity index (χ2v) is 16.1. The average Bonchev–Trinajstić information content (AvgIpc) is 4.14. The summed E-state index contributed by atoms with van der Waals surface area (Å²) in [5, 5.41) is 32.1. The summed E-state index contributed by atoms with van der Waals surface area (Å²) < 4.78 is 17.3. The first-order chi connectivity index (χ1) is 27.7. The fourth-order valence-electron chi connectivity index (χ4n) is 6.72. The maximum absolute atomic E-state index is 12.6. The number of carboxylic acids is 1. The SMILES string of the molecule is CC(C)CC(C(=O)O)c1ccc(OCC2CC2)c(-c2cccc([N+](=O)[O-])c2)c1.CCOC(=O)C(CC(C)C)c1ccc(OCC2CC2)c(-c2cccc([N+](=O)[O-])c2)c1.O.[Li+].[OH-]. The van der Waals surface area contributed by atoms with Crippen LogP contribution in [0.15, 0.2) is 84.9 Å². The van der Waals surface area contributed by atoms with Crippen LogP contribution in [0.1, 0.15) is 96.1 Å². The monoisotopic (exact) mass is 836 g/mol. The average molecular weight is 837 g/mol. The molecule has 0 bridgehead atoms. The Balaban J connectivity index is 0.000000401. The van der Waals surface area contributed by atoms with Gasteiger partial charge < -0.3 is 30.3 Å². The van der Waals surface area contributed by atoms with Gasteiger partial charge in [-0.1, -0.05) is 64.1 Å². The van der Waals surface area contributed by atoms with E-state index in [4.69, 9.17) is 14.2 Å². The summed E-state index contributed by atoms with van der Waals surface area (Å²) in [7, 11) is 0. The van der Waals surface area contributed by atoms with Crippen LogP contribution >= 0.6 is 0 Å². The van der Waals surface area contributed by atoms with Gasteiger partial charge in [-0.3, -0.25) is 29.8 Å². The fourth-order valence-corrected chi connectivity index (χ4v) is 6.72. The number of carbonyl (C=O) groups excluding carboxylic acids is 1. The molecule has 14 nitrogen and oxygen atoms in total. The Kier molecular flexibility index (Phi) is 20.6. The second kappa shape index (κ2) is 24.2. The smallest absolute Gasteiger partial charge is 0.870 e. The predicted octanol–water partition coefficient (Wildman–Crippen LogP) is 7.01. The molecule has 2 atom stereocenters. The molecule has 0 saturated heterocycles. The van der Waals surface area contributed by atoms with Crippen molar-refractivity contribution in [2.75, 3.05) is 19.8 Å². The summed E-state index contributed by atoms with van der Waals surface area (Å²) in [6, 6.07) is 24.0. The molecule has 4 aromatic rings. The second-order valence-electron chi connectivity index (χ2n) is 16.1. The minimum Gasteiger partial charge on any atom is -0.870 e. The van der Waals surface area contributed by atoms with Crippen LogP contribution in [-0.4, -0.2) is 57.7 Å². The van der Waals surface area contributed by atoms with Crippen molar-refractivity contribution in [3.63, 3.8) is 0 Å². The first kappa shape index (κ1) is 51.9. The van der Waals surface area contributed by atoms with E-state index in [-0.39, 0.29) is 59.0 Å². The number of carboxylic acid groups (broad SMARTS) is 1. The summed E-state index contributed by atoms with van der Waals surface area (Å²) in [6.45, 7) is 11.5.